The van der Waals surface area contributed by atoms with Crippen molar-refractivity contribution in [2.75, 3.05) is 26.4 Å². The highest BCUT2D eigenvalue weighted by atomic mass is 31.2. The number of furan rings is 1. The van der Waals surface area contributed by atoms with Crippen LogP contribution in [-0.2, 0) is 45.5 Å². The number of allylic oxidation sites excluding steroid dienone is 11. The fourth-order valence-corrected chi connectivity index (χ4v) is 6.32. The minimum Gasteiger partial charge on any atom is -0.466 e. The first-order chi connectivity index (χ1) is 27.5. The number of aryl methyl sites for hydroxylation is 2. The van der Waals surface area contributed by atoms with Crippen LogP contribution < -0.4 is 5.73 Å². The van der Waals surface area contributed by atoms with Crippen LogP contribution in [0.3, 0.4) is 0 Å². The maximum absolute atomic E-state index is 12.6. The summed E-state index contributed by atoms with van der Waals surface area (Å²) in [6.45, 7) is 7.44. The molecule has 0 fully saturated rings. The quantitative estimate of drug-likeness (QED) is 0.0199. The number of carbonyl (C=O) groups excluding carboxylic acids is 2. The van der Waals surface area contributed by atoms with E-state index in [2.05, 4.69) is 76.3 Å². The van der Waals surface area contributed by atoms with Crippen LogP contribution in [-0.4, -0.2) is 60.5 Å². The van der Waals surface area contributed by atoms with Crippen LogP contribution in [0.2, 0.25) is 0 Å². The molecule has 1 heterocycles. The van der Waals surface area contributed by atoms with Gasteiger partial charge in [-0.1, -0.05) is 112 Å². The molecule has 0 aliphatic heterocycles. The molecule has 322 valence electrons. The molecule has 12 heteroatoms. The van der Waals surface area contributed by atoms with Gasteiger partial charge in [0.15, 0.2) is 6.10 Å². The predicted octanol–water partition coefficient (Wildman–Crippen LogP) is 10.1. The van der Waals surface area contributed by atoms with Gasteiger partial charge in [0.25, 0.3) is 0 Å². The predicted molar refractivity (Wildman–Crippen MR) is 229 cm³/mol. The standard InChI is InChI=1S/C45H72NO10P/c1-5-7-8-9-10-11-12-13-14-15-16-17-18-19-22-25-29-40(47)32-33-44(48)52-36-41(37-54-57(50,51)53-35-34-46)55-45(49)31-27-24-21-20-23-26-30-43-39(4)38(3)42(56-43)28-6-2/h7-8,10-11,13-14,16-17,19,22,25,29,40-41,47H,5-6,9,12,15,18,20-21,23-24,26-28,30-37,46H2,1-4H3,(H,50,51)/b8-7-,11-10-,14-13-,17-16-,22-19-,29-25-/t40?,41-/m1/s1. The van der Waals surface area contributed by atoms with Crippen molar-refractivity contribution in [2.45, 2.75) is 149 Å². The van der Waals surface area contributed by atoms with E-state index < -0.39 is 38.6 Å². The Morgan fingerprint density at radius 3 is 1.93 bits per heavy atom. The molecule has 0 amide bonds. The highest BCUT2D eigenvalue weighted by molar-refractivity contribution is 7.47. The van der Waals surface area contributed by atoms with E-state index in [9.17, 15) is 24.2 Å². The Labute approximate surface area is 342 Å². The first kappa shape index (κ1) is 51.7. The van der Waals surface area contributed by atoms with Gasteiger partial charge in [-0.25, -0.2) is 4.57 Å². The molecule has 1 aromatic heterocycles. The topological polar surface area (TPSA) is 168 Å². The van der Waals surface area contributed by atoms with Crippen molar-refractivity contribution in [3.05, 3.63) is 95.6 Å². The summed E-state index contributed by atoms with van der Waals surface area (Å²) in [5.74, 6) is 1.04. The number of phosphoric ester groups is 1. The molecular weight excluding hydrogens is 745 g/mol. The van der Waals surface area contributed by atoms with Crippen molar-refractivity contribution < 1.29 is 47.1 Å². The molecule has 0 saturated carbocycles. The van der Waals surface area contributed by atoms with E-state index in [1.165, 1.54) is 11.1 Å². The van der Waals surface area contributed by atoms with E-state index in [0.29, 0.717) is 6.42 Å². The third kappa shape index (κ3) is 27.9. The molecule has 0 radical (unpaired) electrons. The number of aliphatic hydroxyl groups excluding tert-OH is 1. The summed E-state index contributed by atoms with van der Waals surface area (Å²) in [6.07, 6.45) is 35.6. The fraction of sp³-hybridized carbons (Fsp3) is 0.600. The number of carbonyl (C=O) groups is 2. The summed E-state index contributed by atoms with van der Waals surface area (Å²) in [6, 6.07) is 0. The SMILES string of the molecule is CC/C=C\C/C=C\C/C=C\C/C=C\C/C=C\C=C/C(O)CCC(=O)OC[C@H](COP(=O)(O)OCCN)OC(=O)CCCCCCCCc1oc(CCC)c(C)c1C. The Balaban J connectivity index is 2.39. The molecule has 3 atom stereocenters. The lowest BCUT2D eigenvalue weighted by atomic mass is 10.0. The number of hydrogen-bond acceptors (Lipinski definition) is 10. The van der Waals surface area contributed by atoms with Gasteiger partial charge >= 0.3 is 19.8 Å². The zero-order valence-electron chi connectivity index (χ0n) is 35.1. The fourth-order valence-electron chi connectivity index (χ4n) is 5.55. The van der Waals surface area contributed by atoms with Gasteiger partial charge < -0.3 is 29.6 Å². The lowest BCUT2D eigenvalue weighted by Crippen LogP contribution is -2.29. The summed E-state index contributed by atoms with van der Waals surface area (Å²) in [7, 11) is -4.45. The number of nitrogens with two attached hydrogens (primary N) is 1. The third-order valence-corrected chi connectivity index (χ3v) is 9.88. The van der Waals surface area contributed by atoms with Crippen LogP contribution >= 0.6 is 7.82 Å². The second-order valence-electron chi connectivity index (χ2n) is 13.9. The number of hydrogen-bond donors (Lipinski definition) is 3. The van der Waals surface area contributed by atoms with Gasteiger partial charge in [-0.05, 0) is 82.8 Å². The Kier molecular flexibility index (Phi) is 30.5. The highest BCUT2D eigenvalue weighted by Gasteiger charge is 2.26. The first-order valence-corrected chi connectivity index (χ1v) is 22.4. The maximum atomic E-state index is 12.6. The van der Waals surface area contributed by atoms with Crippen molar-refractivity contribution >= 4 is 19.8 Å². The highest BCUT2D eigenvalue weighted by Crippen LogP contribution is 2.43. The molecule has 4 N–H and O–H groups in total. The van der Waals surface area contributed by atoms with Crippen LogP contribution in [0.25, 0.3) is 0 Å². The molecule has 0 saturated heterocycles. The molecule has 1 rings (SSSR count). The number of aliphatic hydroxyl groups is 1. The Hall–Kier alpha value is -3.31. The van der Waals surface area contributed by atoms with Crippen LogP contribution in [0.15, 0.2) is 77.3 Å². The molecule has 0 aliphatic carbocycles. The molecule has 11 nitrogen and oxygen atoms in total. The van der Waals surface area contributed by atoms with E-state index in [4.69, 9.17) is 28.7 Å². The van der Waals surface area contributed by atoms with Gasteiger partial charge in [0, 0.05) is 32.2 Å². The molecule has 2 unspecified atom stereocenters. The number of unbranched alkanes of at least 4 members (excludes halogenated alkanes) is 5. The summed E-state index contributed by atoms with van der Waals surface area (Å²) < 4.78 is 38.7. The van der Waals surface area contributed by atoms with Gasteiger partial charge in [-0.3, -0.25) is 18.6 Å². The van der Waals surface area contributed by atoms with Crippen molar-refractivity contribution in [2.24, 2.45) is 5.73 Å². The van der Waals surface area contributed by atoms with E-state index in [-0.39, 0.29) is 39.0 Å². The van der Waals surface area contributed by atoms with Crippen molar-refractivity contribution in [1.82, 2.24) is 0 Å². The van der Waals surface area contributed by atoms with Gasteiger partial charge in [-0.15, -0.1) is 0 Å². The zero-order chi connectivity index (χ0) is 42.0. The van der Waals surface area contributed by atoms with Crippen LogP contribution in [0.1, 0.15) is 133 Å². The number of ether oxygens (including phenoxy) is 2. The number of rotatable bonds is 34. The average Bonchev–Trinajstić information content (AvgIpc) is 3.45. The van der Waals surface area contributed by atoms with Crippen LogP contribution in [0.4, 0.5) is 0 Å². The summed E-state index contributed by atoms with van der Waals surface area (Å²) in [5.41, 5.74) is 7.87. The smallest absolute Gasteiger partial charge is 0.466 e. The third-order valence-electron chi connectivity index (χ3n) is 8.90. The van der Waals surface area contributed by atoms with Gasteiger partial charge in [0.05, 0.1) is 19.3 Å². The van der Waals surface area contributed by atoms with E-state index >= 15 is 0 Å². The Morgan fingerprint density at radius 1 is 0.737 bits per heavy atom. The average molecular weight is 818 g/mol. The molecule has 0 aliphatic rings. The van der Waals surface area contributed by atoms with Gasteiger partial charge in [0.1, 0.15) is 18.1 Å². The lowest BCUT2D eigenvalue weighted by Gasteiger charge is -2.20. The van der Waals surface area contributed by atoms with E-state index in [1.807, 2.05) is 12.2 Å². The number of phosphoric acid groups is 1. The largest absolute Gasteiger partial charge is 0.472 e. The monoisotopic (exact) mass is 817 g/mol. The second-order valence-corrected chi connectivity index (χ2v) is 15.4. The van der Waals surface area contributed by atoms with E-state index in [0.717, 1.165) is 95.0 Å². The minimum absolute atomic E-state index is 0.0104. The Morgan fingerprint density at radius 2 is 1.32 bits per heavy atom. The molecular formula is C45H72NO10P. The van der Waals surface area contributed by atoms with Crippen molar-refractivity contribution in [1.29, 1.82) is 0 Å². The zero-order valence-corrected chi connectivity index (χ0v) is 36.0. The minimum atomic E-state index is -4.45. The molecule has 0 bridgehead atoms. The normalized spacial score (nSPS) is 14.6. The summed E-state index contributed by atoms with van der Waals surface area (Å²) in [4.78, 5) is 35.0. The van der Waals surface area contributed by atoms with Crippen molar-refractivity contribution in [3.63, 3.8) is 0 Å². The van der Waals surface area contributed by atoms with E-state index in [1.54, 1.807) is 12.2 Å². The van der Waals surface area contributed by atoms with Gasteiger partial charge in [-0.2, -0.15) is 0 Å². The van der Waals surface area contributed by atoms with Gasteiger partial charge in [0.2, 0.25) is 0 Å². The molecule has 0 spiro atoms. The second kappa shape index (κ2) is 33.6. The molecule has 0 aromatic carbocycles. The Bertz CT molecular complexity index is 1460. The lowest BCUT2D eigenvalue weighted by molar-refractivity contribution is -0.161. The van der Waals surface area contributed by atoms with Crippen LogP contribution in [0.5, 0.6) is 0 Å². The van der Waals surface area contributed by atoms with Crippen molar-refractivity contribution in [3.8, 4) is 0 Å². The molecule has 1 aromatic rings. The first-order valence-electron chi connectivity index (χ1n) is 20.9. The molecule has 57 heavy (non-hydrogen) atoms. The van der Waals surface area contributed by atoms with Crippen LogP contribution in [0, 0.1) is 13.8 Å². The summed E-state index contributed by atoms with van der Waals surface area (Å²) in [5, 5.41) is 10.3. The summed E-state index contributed by atoms with van der Waals surface area (Å²) >= 11 is 0. The maximum Gasteiger partial charge on any atom is 0.472 e. The number of esters is 2.